The molecule has 0 bridgehead atoms. The molecule has 0 aromatic heterocycles. The van der Waals surface area contributed by atoms with E-state index in [0.29, 0.717) is 25.9 Å². The monoisotopic (exact) mass is 253 g/mol. The topological polar surface area (TPSA) is 54.5 Å². The molecule has 1 aliphatic rings. The Balaban J connectivity index is 2.61. The van der Waals surface area contributed by atoms with Crippen LogP contribution in [0.1, 0.15) is 47.0 Å². The molecule has 1 aliphatic carbocycles. The molecule has 0 radical (unpaired) electrons. The first-order valence-electron chi connectivity index (χ1n) is 6.65. The number of carbonyl (C=O) groups is 3. The van der Waals surface area contributed by atoms with Gasteiger partial charge in [0.25, 0.3) is 5.91 Å². The van der Waals surface area contributed by atoms with E-state index in [9.17, 15) is 14.4 Å². The van der Waals surface area contributed by atoms with E-state index in [0.717, 1.165) is 0 Å². The van der Waals surface area contributed by atoms with E-state index in [1.807, 2.05) is 27.7 Å². The lowest BCUT2D eigenvalue weighted by molar-refractivity contribution is -0.145. The summed E-state index contributed by atoms with van der Waals surface area (Å²) < 4.78 is 0. The van der Waals surface area contributed by atoms with Crippen molar-refractivity contribution in [3.63, 3.8) is 0 Å². The zero-order valence-electron chi connectivity index (χ0n) is 11.8. The highest BCUT2D eigenvalue weighted by molar-refractivity contribution is 6.36. The quantitative estimate of drug-likeness (QED) is 0.702. The highest BCUT2D eigenvalue weighted by atomic mass is 16.2. The Kier molecular flexibility index (Phi) is 4.65. The molecule has 0 spiro atoms. The Bertz CT molecular complexity index is 356. The van der Waals surface area contributed by atoms with Crippen molar-refractivity contribution in [2.24, 2.45) is 11.3 Å². The van der Waals surface area contributed by atoms with Gasteiger partial charge in [0.15, 0.2) is 0 Å². The highest BCUT2D eigenvalue weighted by Crippen LogP contribution is 2.39. The van der Waals surface area contributed by atoms with Crippen LogP contribution in [-0.2, 0) is 14.4 Å². The van der Waals surface area contributed by atoms with Gasteiger partial charge in [0.05, 0.1) is 0 Å². The summed E-state index contributed by atoms with van der Waals surface area (Å²) >= 11 is 0. The second-order valence-corrected chi connectivity index (χ2v) is 5.81. The molecule has 1 fully saturated rings. The predicted molar refractivity (Wildman–Crippen MR) is 69.1 cm³/mol. The van der Waals surface area contributed by atoms with Gasteiger partial charge in [-0.25, -0.2) is 0 Å². The average Bonchev–Trinajstić information content (AvgIpc) is 2.53. The van der Waals surface area contributed by atoms with E-state index in [2.05, 4.69) is 0 Å². The van der Waals surface area contributed by atoms with Gasteiger partial charge >= 0.3 is 0 Å². The van der Waals surface area contributed by atoms with Crippen molar-refractivity contribution in [3.05, 3.63) is 0 Å². The van der Waals surface area contributed by atoms with Gasteiger partial charge in [0.2, 0.25) is 5.78 Å². The van der Waals surface area contributed by atoms with Crippen molar-refractivity contribution in [1.82, 2.24) is 4.90 Å². The molecule has 4 heteroatoms. The first-order valence-corrected chi connectivity index (χ1v) is 6.65. The van der Waals surface area contributed by atoms with Crippen LogP contribution in [0.5, 0.6) is 0 Å². The maximum Gasteiger partial charge on any atom is 0.289 e. The molecule has 1 atom stereocenters. The van der Waals surface area contributed by atoms with Crippen LogP contribution < -0.4 is 0 Å². The van der Waals surface area contributed by atoms with Crippen molar-refractivity contribution in [2.45, 2.75) is 47.0 Å². The maximum absolute atomic E-state index is 11.9. The molecule has 0 saturated heterocycles. The molecule has 1 unspecified atom stereocenters. The van der Waals surface area contributed by atoms with Gasteiger partial charge in [-0.1, -0.05) is 13.8 Å². The Labute approximate surface area is 109 Å². The molecule has 18 heavy (non-hydrogen) atoms. The van der Waals surface area contributed by atoms with E-state index in [4.69, 9.17) is 0 Å². The van der Waals surface area contributed by atoms with Crippen LogP contribution in [0.2, 0.25) is 0 Å². The minimum Gasteiger partial charge on any atom is -0.337 e. The van der Waals surface area contributed by atoms with Crippen molar-refractivity contribution in [1.29, 1.82) is 0 Å². The summed E-state index contributed by atoms with van der Waals surface area (Å²) in [6, 6.07) is 0. The first kappa shape index (κ1) is 14.9. The van der Waals surface area contributed by atoms with E-state index in [1.165, 1.54) is 4.90 Å². The Morgan fingerprint density at radius 1 is 1.28 bits per heavy atom. The third-order valence-electron chi connectivity index (χ3n) is 3.63. The lowest BCUT2D eigenvalue weighted by atomic mass is 9.89. The molecular formula is C14H23NO3. The highest BCUT2D eigenvalue weighted by Gasteiger charge is 2.39. The van der Waals surface area contributed by atoms with Crippen LogP contribution in [0.15, 0.2) is 0 Å². The summed E-state index contributed by atoms with van der Waals surface area (Å²) in [4.78, 5) is 37.0. The second kappa shape index (κ2) is 5.63. The third kappa shape index (κ3) is 3.40. The lowest BCUT2D eigenvalue weighted by Gasteiger charge is -2.19. The second-order valence-electron chi connectivity index (χ2n) is 5.81. The van der Waals surface area contributed by atoms with E-state index in [-0.39, 0.29) is 23.5 Å². The van der Waals surface area contributed by atoms with Crippen molar-refractivity contribution in [3.8, 4) is 0 Å². The van der Waals surface area contributed by atoms with Crippen LogP contribution >= 0.6 is 0 Å². The molecule has 1 saturated carbocycles. The molecule has 0 aromatic rings. The van der Waals surface area contributed by atoms with Crippen LogP contribution in [0.4, 0.5) is 0 Å². The Morgan fingerprint density at radius 3 is 2.22 bits per heavy atom. The van der Waals surface area contributed by atoms with E-state index >= 15 is 0 Å². The number of hydrogen-bond acceptors (Lipinski definition) is 3. The minimum atomic E-state index is -0.447. The average molecular weight is 253 g/mol. The molecule has 0 aromatic carbocycles. The van der Waals surface area contributed by atoms with Crippen LogP contribution in [0, 0.1) is 11.3 Å². The van der Waals surface area contributed by atoms with Crippen molar-refractivity contribution >= 4 is 17.5 Å². The third-order valence-corrected chi connectivity index (χ3v) is 3.63. The van der Waals surface area contributed by atoms with Gasteiger partial charge in [-0.2, -0.15) is 0 Å². The lowest BCUT2D eigenvalue weighted by Crippen LogP contribution is -2.37. The molecular weight excluding hydrogens is 230 g/mol. The first-order chi connectivity index (χ1) is 8.30. The fraction of sp³-hybridized carbons (Fsp3) is 0.786. The summed E-state index contributed by atoms with van der Waals surface area (Å²) in [6.45, 7) is 8.82. The summed E-state index contributed by atoms with van der Waals surface area (Å²) in [7, 11) is 0. The molecule has 102 valence electrons. The number of carbonyl (C=O) groups excluding carboxylic acids is 3. The zero-order valence-corrected chi connectivity index (χ0v) is 11.8. The normalized spacial score (nSPS) is 22.0. The number of nitrogens with zero attached hydrogens (tertiary/aromatic N) is 1. The smallest absolute Gasteiger partial charge is 0.289 e. The van der Waals surface area contributed by atoms with Gasteiger partial charge < -0.3 is 4.90 Å². The SMILES string of the molecule is CCN(CC)C(=O)C(=O)CC1CC(C)(C)CC1=O. The van der Waals surface area contributed by atoms with Gasteiger partial charge in [0.1, 0.15) is 5.78 Å². The molecule has 0 aliphatic heterocycles. The van der Waals surface area contributed by atoms with E-state index < -0.39 is 11.7 Å². The number of ketones is 2. The van der Waals surface area contributed by atoms with Gasteiger partial charge in [0, 0.05) is 31.8 Å². The van der Waals surface area contributed by atoms with Crippen molar-refractivity contribution in [2.75, 3.05) is 13.1 Å². The van der Waals surface area contributed by atoms with E-state index in [1.54, 1.807) is 0 Å². The van der Waals surface area contributed by atoms with Gasteiger partial charge in [-0.05, 0) is 25.7 Å². The minimum absolute atomic E-state index is 0.0275. The van der Waals surface area contributed by atoms with Crippen LogP contribution in [0.3, 0.4) is 0 Å². The Hall–Kier alpha value is -1.19. The summed E-state index contributed by atoms with van der Waals surface area (Å²) in [6.07, 6.45) is 1.31. The predicted octanol–water partition coefficient (Wildman–Crippen LogP) is 1.82. The molecule has 1 rings (SSSR count). The number of rotatable bonds is 5. The molecule has 0 N–H and O–H groups in total. The summed E-state index contributed by atoms with van der Waals surface area (Å²) in [5.74, 6) is -1.00. The number of amides is 1. The van der Waals surface area contributed by atoms with Gasteiger partial charge in [-0.3, -0.25) is 14.4 Å². The summed E-state index contributed by atoms with van der Waals surface area (Å²) in [5, 5.41) is 0. The largest absolute Gasteiger partial charge is 0.337 e. The molecule has 4 nitrogen and oxygen atoms in total. The fourth-order valence-electron chi connectivity index (χ4n) is 2.65. The number of hydrogen-bond donors (Lipinski definition) is 0. The van der Waals surface area contributed by atoms with Gasteiger partial charge in [-0.15, -0.1) is 0 Å². The standard InChI is InChI=1S/C14H23NO3/c1-5-15(6-2)13(18)11(16)7-10-8-14(3,4)9-12(10)17/h10H,5-9H2,1-4H3. The maximum atomic E-state index is 11.9. The summed E-state index contributed by atoms with van der Waals surface area (Å²) in [5.41, 5.74) is -0.0275. The Morgan fingerprint density at radius 2 is 1.83 bits per heavy atom. The molecule has 1 amide bonds. The van der Waals surface area contributed by atoms with Crippen LogP contribution in [0.25, 0.3) is 0 Å². The zero-order chi connectivity index (χ0) is 13.9. The van der Waals surface area contributed by atoms with Crippen LogP contribution in [-0.4, -0.2) is 35.5 Å². The number of likely N-dealkylation sites (N-methyl/N-ethyl adjacent to an activating group) is 1. The molecule has 0 heterocycles. The van der Waals surface area contributed by atoms with Crippen molar-refractivity contribution < 1.29 is 14.4 Å². The fourth-order valence-corrected chi connectivity index (χ4v) is 2.65. The number of Topliss-reactive ketones (excluding diaryl/α,β-unsaturated/α-hetero) is 2.